The van der Waals surface area contributed by atoms with Crippen LogP contribution in [0.15, 0.2) is 24.3 Å². The van der Waals surface area contributed by atoms with Gasteiger partial charge in [0.1, 0.15) is 5.75 Å². The average molecular weight is 182 g/mol. The van der Waals surface area contributed by atoms with Crippen molar-refractivity contribution >= 4 is 7.37 Å². The van der Waals surface area contributed by atoms with Crippen LogP contribution in [0.5, 0.6) is 5.75 Å². The second-order valence-corrected chi connectivity index (χ2v) is 5.84. The molecule has 0 spiro atoms. The largest absolute Gasteiger partial charge is 0.443 e. The van der Waals surface area contributed by atoms with Crippen LogP contribution in [-0.2, 0) is 11.0 Å². The van der Waals surface area contributed by atoms with Gasteiger partial charge in [0.15, 0.2) is 0 Å². The first-order chi connectivity index (χ1) is 5.67. The van der Waals surface area contributed by atoms with E-state index >= 15 is 0 Å². The molecule has 12 heavy (non-hydrogen) atoms. The minimum atomic E-state index is -2.32. The van der Waals surface area contributed by atoms with E-state index in [0.717, 1.165) is 12.2 Å². The van der Waals surface area contributed by atoms with Gasteiger partial charge in [0.05, 0.1) is 0 Å². The van der Waals surface area contributed by atoms with Crippen LogP contribution >= 0.6 is 7.37 Å². The summed E-state index contributed by atoms with van der Waals surface area (Å²) in [6.07, 6.45) is 1.55. The Balaban J connectivity index is 2.42. The molecule has 0 aromatic heterocycles. The van der Waals surface area contributed by atoms with E-state index in [1.54, 1.807) is 6.66 Å². The summed E-state index contributed by atoms with van der Waals surface area (Å²) in [6.45, 7) is 1.70. The van der Waals surface area contributed by atoms with Gasteiger partial charge in [-0.1, -0.05) is 18.2 Å². The van der Waals surface area contributed by atoms with Crippen molar-refractivity contribution in [1.82, 2.24) is 0 Å². The Labute approximate surface area is 72.0 Å². The predicted octanol–water partition coefficient (Wildman–Crippen LogP) is 2.53. The molecule has 0 aliphatic carbocycles. The average Bonchev–Trinajstić information content (AvgIpc) is 2.02. The van der Waals surface area contributed by atoms with Crippen LogP contribution in [0.2, 0.25) is 0 Å². The van der Waals surface area contributed by atoms with E-state index in [2.05, 4.69) is 0 Å². The van der Waals surface area contributed by atoms with E-state index in [0.29, 0.717) is 6.16 Å². The number of benzene rings is 1. The second-order valence-electron chi connectivity index (χ2n) is 3.19. The number of para-hydroxylation sites is 1. The molecule has 1 atom stereocenters. The van der Waals surface area contributed by atoms with Gasteiger partial charge in [-0.25, -0.2) is 0 Å². The van der Waals surface area contributed by atoms with Crippen molar-refractivity contribution in [1.29, 1.82) is 0 Å². The molecule has 2 nitrogen and oxygen atoms in total. The Bertz CT molecular complexity index is 346. The minimum Gasteiger partial charge on any atom is -0.443 e. The monoisotopic (exact) mass is 182 g/mol. The molecule has 0 amide bonds. The molecule has 0 saturated carbocycles. The summed E-state index contributed by atoms with van der Waals surface area (Å²) in [6, 6.07) is 7.79. The highest BCUT2D eigenvalue weighted by molar-refractivity contribution is 7.58. The fourth-order valence-electron chi connectivity index (χ4n) is 1.38. The Morgan fingerprint density at radius 1 is 1.42 bits per heavy atom. The zero-order chi connectivity index (χ0) is 8.60. The standard InChI is InChI=1S/C9H11O2P/c1-12(10)7-6-8-4-2-3-5-9(8)11-12/h2-5H,6-7H2,1H3. The van der Waals surface area contributed by atoms with Gasteiger partial charge in [0.2, 0.25) is 7.37 Å². The highest BCUT2D eigenvalue weighted by Gasteiger charge is 2.24. The first-order valence-electron chi connectivity index (χ1n) is 4.01. The van der Waals surface area contributed by atoms with Crippen LogP contribution in [0, 0.1) is 0 Å². The lowest BCUT2D eigenvalue weighted by Gasteiger charge is -2.22. The zero-order valence-corrected chi connectivity index (χ0v) is 7.88. The molecule has 0 N–H and O–H groups in total. The first-order valence-corrected chi connectivity index (χ1v) is 6.27. The lowest BCUT2D eigenvalue weighted by atomic mass is 10.1. The van der Waals surface area contributed by atoms with Gasteiger partial charge in [-0.2, -0.15) is 0 Å². The molecule has 0 radical (unpaired) electrons. The topological polar surface area (TPSA) is 26.3 Å². The number of aryl methyl sites for hydroxylation is 1. The molecule has 0 fully saturated rings. The molecule has 1 heterocycles. The van der Waals surface area contributed by atoms with Crippen LogP contribution in [0.3, 0.4) is 0 Å². The van der Waals surface area contributed by atoms with E-state index in [-0.39, 0.29) is 0 Å². The van der Waals surface area contributed by atoms with Gasteiger partial charge in [-0.3, -0.25) is 4.57 Å². The van der Waals surface area contributed by atoms with Gasteiger partial charge in [0, 0.05) is 12.8 Å². The van der Waals surface area contributed by atoms with Crippen LogP contribution in [0.4, 0.5) is 0 Å². The van der Waals surface area contributed by atoms with Crippen molar-refractivity contribution in [2.45, 2.75) is 6.42 Å². The summed E-state index contributed by atoms with van der Waals surface area (Å²) >= 11 is 0. The lowest BCUT2D eigenvalue weighted by molar-refractivity contribution is 0.475. The van der Waals surface area contributed by atoms with Crippen LogP contribution in [0.1, 0.15) is 5.56 Å². The minimum absolute atomic E-state index is 0.671. The number of fused-ring (bicyclic) bond motifs is 1. The van der Waals surface area contributed by atoms with Crippen LogP contribution in [-0.4, -0.2) is 12.8 Å². The number of hydrogen-bond donors (Lipinski definition) is 0. The third kappa shape index (κ3) is 1.39. The maximum atomic E-state index is 11.6. The van der Waals surface area contributed by atoms with Crippen molar-refractivity contribution in [3.63, 3.8) is 0 Å². The van der Waals surface area contributed by atoms with Gasteiger partial charge >= 0.3 is 0 Å². The highest BCUT2D eigenvalue weighted by Crippen LogP contribution is 2.48. The normalized spacial score (nSPS) is 27.4. The van der Waals surface area contributed by atoms with Crippen LogP contribution < -0.4 is 4.52 Å². The molecule has 1 aliphatic rings. The second kappa shape index (κ2) is 2.63. The zero-order valence-electron chi connectivity index (χ0n) is 6.99. The third-order valence-corrected chi connectivity index (χ3v) is 3.67. The smallest absolute Gasteiger partial charge is 0.245 e. The molecule has 1 aromatic rings. The lowest BCUT2D eigenvalue weighted by Crippen LogP contribution is -2.07. The molecule has 0 saturated heterocycles. The Morgan fingerprint density at radius 3 is 3.00 bits per heavy atom. The summed E-state index contributed by atoms with van der Waals surface area (Å²) in [4.78, 5) is 0. The first kappa shape index (κ1) is 7.88. The summed E-state index contributed by atoms with van der Waals surface area (Å²) in [5.74, 6) is 0.801. The van der Waals surface area contributed by atoms with Crippen molar-refractivity contribution in [3.05, 3.63) is 29.8 Å². The van der Waals surface area contributed by atoms with Crippen molar-refractivity contribution in [2.75, 3.05) is 12.8 Å². The fraction of sp³-hybridized carbons (Fsp3) is 0.333. The van der Waals surface area contributed by atoms with Crippen molar-refractivity contribution in [3.8, 4) is 5.75 Å². The molecular formula is C9H11O2P. The molecule has 2 rings (SSSR count). The third-order valence-electron chi connectivity index (χ3n) is 2.05. The van der Waals surface area contributed by atoms with E-state index in [4.69, 9.17) is 4.52 Å². The SMILES string of the molecule is CP1(=O)CCc2ccccc2O1. The highest BCUT2D eigenvalue weighted by atomic mass is 31.2. The predicted molar refractivity (Wildman–Crippen MR) is 49.2 cm³/mol. The Kier molecular flexibility index (Phi) is 1.73. The fourth-order valence-corrected chi connectivity index (χ4v) is 2.71. The van der Waals surface area contributed by atoms with Gasteiger partial charge in [-0.15, -0.1) is 0 Å². The van der Waals surface area contributed by atoms with Crippen molar-refractivity contribution in [2.24, 2.45) is 0 Å². The van der Waals surface area contributed by atoms with Crippen LogP contribution in [0.25, 0.3) is 0 Å². The van der Waals surface area contributed by atoms with E-state index < -0.39 is 7.37 Å². The van der Waals surface area contributed by atoms with E-state index in [9.17, 15) is 4.57 Å². The Hall–Kier alpha value is -0.750. The number of rotatable bonds is 0. The maximum Gasteiger partial charge on any atom is 0.245 e. The summed E-state index contributed by atoms with van der Waals surface area (Å²) in [5, 5.41) is 0. The quantitative estimate of drug-likeness (QED) is 0.576. The Morgan fingerprint density at radius 2 is 2.17 bits per heavy atom. The molecule has 0 bridgehead atoms. The van der Waals surface area contributed by atoms with Crippen molar-refractivity contribution < 1.29 is 9.09 Å². The molecule has 3 heteroatoms. The molecular weight excluding hydrogens is 171 g/mol. The molecule has 1 aromatic carbocycles. The molecule has 1 unspecified atom stereocenters. The summed E-state index contributed by atoms with van der Waals surface area (Å²) in [5.41, 5.74) is 1.17. The van der Waals surface area contributed by atoms with Gasteiger partial charge < -0.3 is 4.52 Å². The number of hydrogen-bond acceptors (Lipinski definition) is 2. The van der Waals surface area contributed by atoms with Gasteiger partial charge in [-0.05, 0) is 18.1 Å². The van der Waals surface area contributed by atoms with E-state index in [1.165, 1.54) is 5.56 Å². The molecule has 1 aliphatic heterocycles. The molecule has 64 valence electrons. The summed E-state index contributed by atoms with van der Waals surface area (Å²) in [7, 11) is -2.32. The van der Waals surface area contributed by atoms with E-state index in [1.807, 2.05) is 24.3 Å². The maximum absolute atomic E-state index is 11.6. The summed E-state index contributed by atoms with van der Waals surface area (Å²) < 4.78 is 16.9. The van der Waals surface area contributed by atoms with Gasteiger partial charge in [0.25, 0.3) is 0 Å².